The first kappa shape index (κ1) is 16.1. The van der Waals surface area contributed by atoms with E-state index in [-0.39, 0.29) is 6.42 Å². The van der Waals surface area contributed by atoms with Crippen molar-refractivity contribution in [3.05, 3.63) is 73.0 Å². The highest BCUT2D eigenvalue weighted by molar-refractivity contribution is 5.72. The zero-order valence-corrected chi connectivity index (χ0v) is 12.1. The van der Waals surface area contributed by atoms with Gasteiger partial charge in [0.05, 0.1) is 11.1 Å². The van der Waals surface area contributed by atoms with Gasteiger partial charge in [0.1, 0.15) is 6.04 Å². The summed E-state index contributed by atoms with van der Waals surface area (Å²) in [5.41, 5.74) is -2.22. The van der Waals surface area contributed by atoms with Gasteiger partial charge in [0.15, 0.2) is 0 Å². The minimum Gasteiger partial charge on any atom is -0.480 e. The molecule has 0 aliphatic carbocycles. The van der Waals surface area contributed by atoms with Crippen molar-refractivity contribution in [1.29, 1.82) is 0 Å². The Morgan fingerprint density at radius 2 is 1.91 bits per heavy atom. The van der Waals surface area contributed by atoms with Gasteiger partial charge < -0.3 is 5.11 Å². The molecule has 1 N–H and O–H groups in total. The predicted octanol–water partition coefficient (Wildman–Crippen LogP) is 0.324. The van der Waals surface area contributed by atoms with Gasteiger partial charge in [-0.3, -0.25) is 24.0 Å². The van der Waals surface area contributed by atoms with E-state index in [2.05, 4.69) is 0 Å². The highest BCUT2D eigenvalue weighted by Crippen LogP contribution is 2.14. The van der Waals surface area contributed by atoms with E-state index in [1.54, 1.807) is 30.3 Å². The number of carboxylic acids is 1. The average Bonchev–Trinajstić information content (AvgIpc) is 2.51. The fourth-order valence-electron chi connectivity index (χ4n) is 2.16. The second kappa shape index (κ2) is 6.26. The lowest BCUT2D eigenvalue weighted by molar-refractivity contribution is -0.387. The van der Waals surface area contributed by atoms with E-state index in [0.29, 0.717) is 20.9 Å². The van der Waals surface area contributed by atoms with Crippen LogP contribution in [0.2, 0.25) is 0 Å². The maximum Gasteiger partial charge on any atom is 0.350 e. The molecule has 0 aliphatic rings. The first-order valence-electron chi connectivity index (χ1n) is 6.56. The van der Waals surface area contributed by atoms with Crippen molar-refractivity contribution in [3.63, 3.8) is 0 Å². The smallest absolute Gasteiger partial charge is 0.350 e. The molecule has 0 amide bonds. The van der Waals surface area contributed by atoms with Gasteiger partial charge in [0.2, 0.25) is 0 Å². The first-order chi connectivity index (χ1) is 10.8. The van der Waals surface area contributed by atoms with E-state index in [0.717, 1.165) is 7.05 Å². The van der Waals surface area contributed by atoms with Crippen LogP contribution in [0.5, 0.6) is 0 Å². The van der Waals surface area contributed by atoms with Gasteiger partial charge in [-0.05, 0) is 5.56 Å². The minimum absolute atomic E-state index is 0.0502. The summed E-state index contributed by atoms with van der Waals surface area (Å²) in [4.78, 5) is 45.3. The van der Waals surface area contributed by atoms with Crippen LogP contribution in [0.3, 0.4) is 0 Å². The van der Waals surface area contributed by atoms with Crippen LogP contribution in [-0.4, -0.2) is 25.1 Å². The number of carbonyl (C=O) groups is 1. The van der Waals surface area contributed by atoms with E-state index >= 15 is 0 Å². The predicted molar refractivity (Wildman–Crippen MR) is 79.4 cm³/mol. The Morgan fingerprint density at radius 1 is 1.30 bits per heavy atom. The molecule has 23 heavy (non-hydrogen) atoms. The van der Waals surface area contributed by atoms with Gasteiger partial charge in [-0.2, -0.15) is 0 Å². The molecule has 0 bridgehead atoms. The van der Waals surface area contributed by atoms with Crippen LogP contribution in [0.25, 0.3) is 0 Å². The van der Waals surface area contributed by atoms with Crippen molar-refractivity contribution in [3.8, 4) is 0 Å². The average molecular weight is 319 g/mol. The molecule has 1 aromatic heterocycles. The summed E-state index contributed by atoms with van der Waals surface area (Å²) in [6, 6.07) is 7.16. The Labute approximate surface area is 129 Å². The van der Waals surface area contributed by atoms with Crippen molar-refractivity contribution in [2.24, 2.45) is 7.05 Å². The van der Waals surface area contributed by atoms with Crippen LogP contribution in [0.15, 0.2) is 46.1 Å². The topological polar surface area (TPSA) is 124 Å². The van der Waals surface area contributed by atoms with Crippen LogP contribution in [0.1, 0.15) is 11.6 Å². The SMILES string of the molecule is Cn1c(=O)c([N+](=O)[O-])cn([C@@H](Cc2ccccc2)C(=O)O)c1=O. The number of aromatic nitrogens is 2. The molecule has 0 radical (unpaired) electrons. The van der Waals surface area contributed by atoms with Gasteiger partial charge >= 0.3 is 22.9 Å². The fourth-order valence-corrected chi connectivity index (χ4v) is 2.16. The largest absolute Gasteiger partial charge is 0.480 e. The quantitative estimate of drug-likeness (QED) is 0.625. The monoisotopic (exact) mass is 319 g/mol. The fraction of sp³-hybridized carbons (Fsp3) is 0.214. The van der Waals surface area contributed by atoms with E-state index in [1.807, 2.05) is 0 Å². The Morgan fingerprint density at radius 3 is 2.43 bits per heavy atom. The number of hydrogen-bond acceptors (Lipinski definition) is 5. The zero-order chi connectivity index (χ0) is 17.1. The molecular weight excluding hydrogens is 306 g/mol. The Balaban J connectivity index is 2.60. The summed E-state index contributed by atoms with van der Waals surface area (Å²) >= 11 is 0. The molecule has 2 rings (SSSR count). The molecule has 1 heterocycles. The molecule has 2 aromatic rings. The summed E-state index contributed by atoms with van der Waals surface area (Å²) in [5, 5.41) is 20.3. The van der Waals surface area contributed by atoms with Crippen molar-refractivity contribution >= 4 is 11.7 Å². The third-order valence-electron chi connectivity index (χ3n) is 3.38. The van der Waals surface area contributed by atoms with Crippen molar-refractivity contribution in [1.82, 2.24) is 9.13 Å². The normalized spacial score (nSPS) is 11.9. The number of rotatable bonds is 5. The van der Waals surface area contributed by atoms with Crippen LogP contribution in [0.4, 0.5) is 5.69 Å². The number of hydrogen-bond donors (Lipinski definition) is 1. The van der Waals surface area contributed by atoms with E-state index in [4.69, 9.17) is 0 Å². The maximum atomic E-state index is 12.1. The molecule has 0 saturated heterocycles. The molecule has 0 aliphatic heterocycles. The van der Waals surface area contributed by atoms with Crippen LogP contribution >= 0.6 is 0 Å². The molecule has 0 fully saturated rings. The molecule has 1 aromatic carbocycles. The molecular formula is C14H13N3O6. The van der Waals surface area contributed by atoms with Gasteiger partial charge in [-0.1, -0.05) is 30.3 Å². The third-order valence-corrected chi connectivity index (χ3v) is 3.38. The summed E-state index contributed by atoms with van der Waals surface area (Å²) in [5.74, 6) is -1.33. The molecule has 1 atom stereocenters. The molecule has 9 nitrogen and oxygen atoms in total. The molecule has 0 unspecified atom stereocenters. The van der Waals surface area contributed by atoms with Gasteiger partial charge in [0.25, 0.3) is 0 Å². The van der Waals surface area contributed by atoms with Crippen molar-refractivity contribution < 1.29 is 14.8 Å². The summed E-state index contributed by atoms with van der Waals surface area (Å²) < 4.78 is 1.23. The van der Waals surface area contributed by atoms with Crippen molar-refractivity contribution in [2.45, 2.75) is 12.5 Å². The Hall–Kier alpha value is -3.23. The highest BCUT2D eigenvalue weighted by atomic mass is 16.6. The molecule has 9 heteroatoms. The van der Waals surface area contributed by atoms with Crippen LogP contribution in [0, 0.1) is 10.1 Å². The van der Waals surface area contributed by atoms with Gasteiger partial charge in [0, 0.05) is 13.5 Å². The number of nitro groups is 1. The first-order valence-corrected chi connectivity index (χ1v) is 6.56. The maximum absolute atomic E-state index is 12.1. The summed E-state index contributed by atoms with van der Waals surface area (Å²) in [7, 11) is 1.07. The molecule has 120 valence electrons. The van der Waals surface area contributed by atoms with E-state index in [1.165, 1.54) is 0 Å². The second-order valence-corrected chi connectivity index (χ2v) is 4.87. The van der Waals surface area contributed by atoms with Crippen LogP contribution < -0.4 is 11.2 Å². The number of aliphatic carboxylic acids is 1. The molecule has 0 spiro atoms. The number of nitrogens with zero attached hydrogens (tertiary/aromatic N) is 3. The standard InChI is InChI=1S/C14H13N3O6/c1-15-12(18)11(17(22)23)8-16(14(15)21)10(13(19)20)7-9-5-3-2-4-6-9/h2-6,8,10H,7H2,1H3,(H,19,20)/t10-/m0/s1. The Kier molecular flexibility index (Phi) is 4.39. The second-order valence-electron chi connectivity index (χ2n) is 4.87. The summed E-state index contributed by atoms with van der Waals surface area (Å²) in [6.07, 6.45) is 0.637. The van der Waals surface area contributed by atoms with Gasteiger partial charge in [-0.25, -0.2) is 9.59 Å². The lowest BCUT2D eigenvalue weighted by Crippen LogP contribution is -2.42. The summed E-state index contributed by atoms with van der Waals surface area (Å²) in [6.45, 7) is 0. The third kappa shape index (κ3) is 3.18. The highest BCUT2D eigenvalue weighted by Gasteiger charge is 2.26. The van der Waals surface area contributed by atoms with E-state index in [9.17, 15) is 29.6 Å². The lowest BCUT2D eigenvalue weighted by atomic mass is 10.1. The molecule has 0 saturated carbocycles. The van der Waals surface area contributed by atoms with Crippen LogP contribution in [-0.2, 0) is 18.3 Å². The van der Waals surface area contributed by atoms with Crippen molar-refractivity contribution in [2.75, 3.05) is 0 Å². The number of benzene rings is 1. The van der Waals surface area contributed by atoms with E-state index < -0.39 is 33.9 Å². The Bertz CT molecular complexity index is 868. The van der Waals surface area contributed by atoms with Gasteiger partial charge in [-0.15, -0.1) is 0 Å². The minimum atomic E-state index is -1.37. The number of carboxylic acid groups (broad SMARTS) is 1. The lowest BCUT2D eigenvalue weighted by Gasteiger charge is -2.16. The zero-order valence-electron chi connectivity index (χ0n) is 12.1.